The summed E-state index contributed by atoms with van der Waals surface area (Å²) in [6, 6.07) is 0.330. The summed E-state index contributed by atoms with van der Waals surface area (Å²) >= 11 is 5.92. The van der Waals surface area contributed by atoms with Gasteiger partial charge in [-0.15, -0.1) is 0 Å². The van der Waals surface area contributed by atoms with Gasteiger partial charge in [0.25, 0.3) is 5.56 Å². The van der Waals surface area contributed by atoms with Crippen molar-refractivity contribution in [3.63, 3.8) is 0 Å². The quantitative estimate of drug-likeness (QED) is 0.778. The molecule has 1 aliphatic rings. The molecule has 0 aliphatic heterocycles. The topological polar surface area (TPSA) is 46.9 Å². The lowest BCUT2D eigenvalue weighted by Gasteiger charge is -2.14. The highest BCUT2D eigenvalue weighted by Gasteiger charge is 2.13. The largest absolute Gasteiger partial charge is 0.379 e. The molecule has 0 radical (unpaired) electrons. The van der Waals surface area contributed by atoms with E-state index in [4.69, 9.17) is 11.6 Å². The average Bonchev–Trinajstić information content (AvgIpc) is 2.72. The van der Waals surface area contributed by atoms with Gasteiger partial charge in [0.05, 0.1) is 11.9 Å². The van der Waals surface area contributed by atoms with Gasteiger partial charge in [-0.1, -0.05) is 23.8 Å². The van der Waals surface area contributed by atoms with E-state index in [-0.39, 0.29) is 10.6 Å². The Balaban J connectivity index is 2.22. The molecule has 1 aliphatic carbocycles. The van der Waals surface area contributed by atoms with E-state index in [2.05, 4.69) is 22.6 Å². The lowest BCUT2D eigenvalue weighted by Crippen LogP contribution is -2.23. The van der Waals surface area contributed by atoms with Crippen molar-refractivity contribution >= 4 is 17.3 Å². The summed E-state index contributed by atoms with van der Waals surface area (Å²) in [5.74, 6) is 0. The van der Waals surface area contributed by atoms with Gasteiger partial charge >= 0.3 is 0 Å². The Morgan fingerprint density at radius 3 is 2.87 bits per heavy atom. The molecule has 15 heavy (non-hydrogen) atoms. The van der Waals surface area contributed by atoms with Gasteiger partial charge in [0, 0.05) is 13.1 Å². The molecule has 80 valence electrons. The van der Waals surface area contributed by atoms with Crippen LogP contribution in [-0.4, -0.2) is 15.8 Å². The molecular formula is C10H12ClN3O. The predicted octanol–water partition coefficient (Wildman–Crippen LogP) is 1.56. The summed E-state index contributed by atoms with van der Waals surface area (Å²) in [7, 11) is 1.58. The predicted molar refractivity (Wildman–Crippen MR) is 60.3 cm³/mol. The number of rotatable bonds is 2. The van der Waals surface area contributed by atoms with Gasteiger partial charge in [0.1, 0.15) is 5.02 Å². The van der Waals surface area contributed by atoms with E-state index in [9.17, 15) is 4.79 Å². The van der Waals surface area contributed by atoms with Crippen molar-refractivity contribution in [2.75, 3.05) is 5.32 Å². The molecule has 0 amide bonds. The highest BCUT2D eigenvalue weighted by atomic mass is 35.5. The van der Waals surface area contributed by atoms with Crippen LogP contribution in [0.3, 0.4) is 0 Å². The molecule has 0 spiro atoms. The maximum Gasteiger partial charge on any atom is 0.287 e. The summed E-state index contributed by atoms with van der Waals surface area (Å²) in [6.45, 7) is 0. The fourth-order valence-electron chi connectivity index (χ4n) is 1.57. The molecule has 1 heterocycles. The number of aryl methyl sites for hydroxylation is 1. The summed E-state index contributed by atoms with van der Waals surface area (Å²) in [4.78, 5) is 11.5. The molecule has 0 saturated heterocycles. The van der Waals surface area contributed by atoms with Crippen molar-refractivity contribution < 1.29 is 0 Å². The van der Waals surface area contributed by atoms with E-state index in [0.29, 0.717) is 11.7 Å². The summed E-state index contributed by atoms with van der Waals surface area (Å²) in [5, 5.41) is 7.33. The van der Waals surface area contributed by atoms with Crippen molar-refractivity contribution in [3.8, 4) is 0 Å². The lowest BCUT2D eigenvalue weighted by atomic mass is 10.2. The van der Waals surface area contributed by atoms with Gasteiger partial charge in [0.2, 0.25) is 0 Å². The number of anilines is 1. The zero-order valence-corrected chi connectivity index (χ0v) is 9.16. The summed E-state index contributed by atoms with van der Waals surface area (Å²) < 4.78 is 1.22. The van der Waals surface area contributed by atoms with Crippen molar-refractivity contribution in [1.82, 2.24) is 9.78 Å². The minimum absolute atomic E-state index is 0.208. The number of nitrogens with one attached hydrogen (secondary N) is 1. The number of nitrogens with zero attached hydrogens (tertiary/aromatic N) is 2. The molecule has 1 aromatic heterocycles. The minimum atomic E-state index is -0.271. The first-order valence-corrected chi connectivity index (χ1v) is 5.19. The molecule has 1 N–H and O–H groups in total. The summed E-state index contributed by atoms with van der Waals surface area (Å²) in [5.41, 5.74) is 0.348. The molecule has 2 rings (SSSR count). The van der Waals surface area contributed by atoms with Crippen LogP contribution in [0.15, 0.2) is 23.1 Å². The Labute approximate surface area is 92.6 Å². The average molecular weight is 226 g/mol. The van der Waals surface area contributed by atoms with Crippen molar-refractivity contribution in [3.05, 3.63) is 33.7 Å². The van der Waals surface area contributed by atoms with E-state index >= 15 is 0 Å². The Kier molecular flexibility index (Phi) is 2.77. The number of hydrogen-bond donors (Lipinski definition) is 1. The van der Waals surface area contributed by atoms with E-state index in [0.717, 1.165) is 12.8 Å². The smallest absolute Gasteiger partial charge is 0.287 e. The van der Waals surface area contributed by atoms with Crippen LogP contribution >= 0.6 is 11.6 Å². The SMILES string of the molecule is Cn1ncc(NC2CC=CC2)c(Cl)c1=O. The van der Waals surface area contributed by atoms with Gasteiger partial charge in [-0.05, 0) is 12.8 Å². The number of halogens is 1. The fourth-order valence-corrected chi connectivity index (χ4v) is 1.79. The third-order valence-corrected chi connectivity index (χ3v) is 2.81. The van der Waals surface area contributed by atoms with Gasteiger partial charge < -0.3 is 5.32 Å². The molecule has 1 aromatic rings. The first-order chi connectivity index (χ1) is 7.18. The molecule has 0 aromatic carbocycles. The lowest BCUT2D eigenvalue weighted by molar-refractivity contribution is 0.703. The number of hydrogen-bond acceptors (Lipinski definition) is 3. The van der Waals surface area contributed by atoms with Crippen LogP contribution in [0.5, 0.6) is 0 Å². The maximum atomic E-state index is 11.5. The Hall–Kier alpha value is -1.29. The molecule has 0 unspecified atom stereocenters. The minimum Gasteiger partial charge on any atom is -0.379 e. The van der Waals surface area contributed by atoms with E-state index in [1.807, 2.05) is 0 Å². The van der Waals surface area contributed by atoms with Crippen LogP contribution in [0.1, 0.15) is 12.8 Å². The van der Waals surface area contributed by atoms with Crippen LogP contribution in [0, 0.1) is 0 Å². The monoisotopic (exact) mass is 225 g/mol. The van der Waals surface area contributed by atoms with Crippen molar-refractivity contribution in [2.24, 2.45) is 7.05 Å². The highest BCUT2D eigenvalue weighted by Crippen LogP contribution is 2.20. The van der Waals surface area contributed by atoms with E-state index < -0.39 is 0 Å². The van der Waals surface area contributed by atoms with Gasteiger partial charge in [-0.25, -0.2) is 4.68 Å². The standard InChI is InChI=1S/C10H12ClN3O/c1-14-10(15)9(11)8(6-12-14)13-7-4-2-3-5-7/h2-3,6-7,13H,4-5H2,1H3. The molecule has 0 atom stereocenters. The third kappa shape index (κ3) is 2.04. The van der Waals surface area contributed by atoms with E-state index in [1.54, 1.807) is 13.2 Å². The molecule has 0 fully saturated rings. The third-order valence-electron chi connectivity index (χ3n) is 2.45. The first-order valence-electron chi connectivity index (χ1n) is 4.82. The number of aromatic nitrogens is 2. The second-order valence-corrected chi connectivity index (χ2v) is 3.96. The summed E-state index contributed by atoms with van der Waals surface area (Å²) in [6.07, 6.45) is 7.74. The van der Waals surface area contributed by atoms with E-state index in [1.165, 1.54) is 4.68 Å². The fraction of sp³-hybridized carbons (Fsp3) is 0.400. The van der Waals surface area contributed by atoms with Crippen molar-refractivity contribution in [1.29, 1.82) is 0 Å². The van der Waals surface area contributed by atoms with Crippen LogP contribution in [0.2, 0.25) is 5.02 Å². The van der Waals surface area contributed by atoms with Crippen LogP contribution < -0.4 is 10.9 Å². The first kappa shape index (κ1) is 10.2. The molecular weight excluding hydrogens is 214 g/mol. The maximum absolute atomic E-state index is 11.5. The van der Waals surface area contributed by atoms with Gasteiger partial charge in [-0.2, -0.15) is 5.10 Å². The van der Waals surface area contributed by atoms with Gasteiger partial charge in [-0.3, -0.25) is 4.79 Å². The molecule has 5 heteroatoms. The van der Waals surface area contributed by atoms with Gasteiger partial charge in [0.15, 0.2) is 0 Å². The zero-order valence-electron chi connectivity index (χ0n) is 8.40. The Bertz CT molecular complexity index is 444. The molecule has 0 bridgehead atoms. The van der Waals surface area contributed by atoms with Crippen LogP contribution in [-0.2, 0) is 7.05 Å². The highest BCUT2D eigenvalue weighted by molar-refractivity contribution is 6.32. The van der Waals surface area contributed by atoms with Crippen molar-refractivity contribution in [2.45, 2.75) is 18.9 Å². The Morgan fingerprint density at radius 1 is 1.53 bits per heavy atom. The van der Waals surface area contributed by atoms with Crippen LogP contribution in [0.4, 0.5) is 5.69 Å². The molecule has 4 nitrogen and oxygen atoms in total. The molecule has 0 saturated carbocycles. The van der Waals surface area contributed by atoms with Crippen LogP contribution in [0.25, 0.3) is 0 Å². The second-order valence-electron chi connectivity index (χ2n) is 3.59. The second kappa shape index (κ2) is 4.06. The normalized spacial score (nSPS) is 15.9. The Morgan fingerprint density at radius 2 is 2.20 bits per heavy atom. The zero-order chi connectivity index (χ0) is 10.8.